The highest BCUT2D eigenvalue weighted by atomic mass is 32.2. The SMILES string of the molecule is COc1ccc(NC(=O)[C@H](Sc2nncn2C2CC2)C(C)C)cc1. The van der Waals surface area contributed by atoms with Gasteiger partial charge in [-0.1, -0.05) is 25.6 Å². The summed E-state index contributed by atoms with van der Waals surface area (Å²) in [6.07, 6.45) is 4.09. The Kier molecular flexibility index (Phi) is 5.08. The first-order valence-electron chi connectivity index (χ1n) is 8.09. The zero-order valence-electron chi connectivity index (χ0n) is 14.1. The summed E-state index contributed by atoms with van der Waals surface area (Å²) in [5, 5.41) is 11.8. The van der Waals surface area contributed by atoms with E-state index in [2.05, 4.69) is 20.1 Å². The van der Waals surface area contributed by atoms with Gasteiger partial charge in [0.2, 0.25) is 5.91 Å². The molecule has 1 aliphatic rings. The van der Waals surface area contributed by atoms with E-state index in [-0.39, 0.29) is 17.1 Å². The molecule has 7 heteroatoms. The third kappa shape index (κ3) is 3.90. The van der Waals surface area contributed by atoms with E-state index < -0.39 is 0 Å². The maximum Gasteiger partial charge on any atom is 0.238 e. The molecule has 1 fully saturated rings. The fraction of sp³-hybridized carbons (Fsp3) is 0.471. The number of carbonyl (C=O) groups excluding carboxylic acids is 1. The number of methoxy groups -OCH3 is 1. The van der Waals surface area contributed by atoms with Crippen molar-refractivity contribution in [3.05, 3.63) is 30.6 Å². The van der Waals surface area contributed by atoms with E-state index in [1.165, 1.54) is 11.8 Å². The summed E-state index contributed by atoms with van der Waals surface area (Å²) < 4.78 is 7.22. The average Bonchev–Trinajstić information content (AvgIpc) is 3.31. The fourth-order valence-electron chi connectivity index (χ4n) is 2.41. The fourth-order valence-corrected chi connectivity index (χ4v) is 3.49. The molecule has 1 saturated carbocycles. The standard InChI is InChI=1S/C17H22N4O2S/c1-11(2)15(24-17-20-18-10-21(17)13-6-7-13)16(22)19-12-4-8-14(23-3)9-5-12/h4-5,8-11,13,15H,6-7H2,1-3H3,(H,19,22)/t15-/m1/s1. The molecule has 2 aromatic rings. The Balaban J connectivity index is 1.69. The molecule has 1 aliphatic carbocycles. The molecule has 1 N–H and O–H groups in total. The van der Waals surface area contributed by atoms with Crippen molar-refractivity contribution in [3.8, 4) is 5.75 Å². The lowest BCUT2D eigenvalue weighted by Gasteiger charge is -2.19. The Morgan fingerprint density at radius 3 is 2.62 bits per heavy atom. The van der Waals surface area contributed by atoms with Gasteiger partial charge in [0.25, 0.3) is 0 Å². The molecule has 1 aromatic heterocycles. The highest BCUT2D eigenvalue weighted by Crippen LogP contribution is 2.39. The van der Waals surface area contributed by atoms with Crippen molar-refractivity contribution in [3.63, 3.8) is 0 Å². The minimum absolute atomic E-state index is 0.0227. The molecule has 3 rings (SSSR count). The van der Waals surface area contributed by atoms with E-state index in [0.29, 0.717) is 6.04 Å². The topological polar surface area (TPSA) is 69.0 Å². The number of ether oxygens (including phenoxy) is 1. The quantitative estimate of drug-likeness (QED) is 0.779. The van der Waals surface area contributed by atoms with Gasteiger partial charge in [0.1, 0.15) is 12.1 Å². The van der Waals surface area contributed by atoms with Crippen LogP contribution in [0.2, 0.25) is 0 Å². The normalized spacial score (nSPS) is 15.3. The van der Waals surface area contributed by atoms with Crippen LogP contribution in [-0.2, 0) is 4.79 Å². The molecule has 24 heavy (non-hydrogen) atoms. The Morgan fingerprint density at radius 1 is 1.33 bits per heavy atom. The summed E-state index contributed by atoms with van der Waals surface area (Å²) in [6.45, 7) is 4.09. The Bertz CT molecular complexity index is 695. The average molecular weight is 346 g/mol. The molecule has 1 heterocycles. The Hall–Kier alpha value is -2.02. The summed E-state index contributed by atoms with van der Waals surface area (Å²) in [4.78, 5) is 12.7. The lowest BCUT2D eigenvalue weighted by molar-refractivity contribution is -0.116. The highest BCUT2D eigenvalue weighted by Gasteiger charge is 2.30. The van der Waals surface area contributed by atoms with Gasteiger partial charge in [-0.2, -0.15) is 0 Å². The van der Waals surface area contributed by atoms with E-state index in [9.17, 15) is 4.79 Å². The second-order valence-corrected chi connectivity index (χ2v) is 7.36. The van der Waals surface area contributed by atoms with E-state index in [1.54, 1.807) is 13.4 Å². The molecule has 0 aliphatic heterocycles. The molecule has 0 saturated heterocycles. The number of thioether (sulfide) groups is 1. The molecular formula is C17H22N4O2S. The van der Waals surface area contributed by atoms with Crippen LogP contribution in [0.1, 0.15) is 32.7 Å². The maximum atomic E-state index is 12.7. The van der Waals surface area contributed by atoms with Gasteiger partial charge in [-0.3, -0.25) is 4.79 Å². The third-order valence-corrected chi connectivity index (χ3v) is 5.45. The second kappa shape index (κ2) is 7.25. The van der Waals surface area contributed by atoms with Crippen LogP contribution in [0.5, 0.6) is 5.75 Å². The smallest absolute Gasteiger partial charge is 0.238 e. The van der Waals surface area contributed by atoms with Crippen molar-refractivity contribution < 1.29 is 9.53 Å². The molecule has 0 radical (unpaired) electrons. The van der Waals surface area contributed by atoms with Crippen LogP contribution in [0.15, 0.2) is 35.7 Å². The van der Waals surface area contributed by atoms with Crippen molar-refractivity contribution in [1.82, 2.24) is 14.8 Å². The van der Waals surface area contributed by atoms with E-state index in [0.717, 1.165) is 29.4 Å². The third-order valence-electron chi connectivity index (χ3n) is 3.93. The number of anilines is 1. The predicted octanol–water partition coefficient (Wildman–Crippen LogP) is 3.38. The zero-order valence-corrected chi connectivity index (χ0v) is 14.9. The van der Waals surface area contributed by atoms with Crippen LogP contribution in [0.25, 0.3) is 0 Å². The first kappa shape index (κ1) is 16.8. The summed E-state index contributed by atoms with van der Waals surface area (Å²) in [5.74, 6) is 0.920. The zero-order chi connectivity index (χ0) is 17.1. The van der Waals surface area contributed by atoms with E-state index >= 15 is 0 Å². The number of aromatic nitrogens is 3. The molecular weight excluding hydrogens is 324 g/mol. The predicted molar refractivity (Wildman–Crippen MR) is 94.4 cm³/mol. The maximum absolute atomic E-state index is 12.7. The van der Waals surface area contributed by atoms with Crippen molar-refractivity contribution in [2.45, 2.75) is 43.1 Å². The first-order chi connectivity index (χ1) is 11.6. The van der Waals surface area contributed by atoms with Crippen molar-refractivity contribution in [2.75, 3.05) is 12.4 Å². The number of hydrogen-bond donors (Lipinski definition) is 1. The number of nitrogens with one attached hydrogen (secondary N) is 1. The molecule has 1 aromatic carbocycles. The minimum atomic E-state index is -0.228. The Morgan fingerprint density at radius 2 is 2.04 bits per heavy atom. The van der Waals surface area contributed by atoms with Gasteiger partial charge in [-0.25, -0.2) is 0 Å². The molecule has 6 nitrogen and oxygen atoms in total. The monoisotopic (exact) mass is 346 g/mol. The molecule has 128 valence electrons. The van der Waals surface area contributed by atoms with Crippen LogP contribution >= 0.6 is 11.8 Å². The second-order valence-electron chi connectivity index (χ2n) is 6.25. The highest BCUT2D eigenvalue weighted by molar-refractivity contribution is 8.00. The van der Waals surface area contributed by atoms with Crippen LogP contribution in [0.3, 0.4) is 0 Å². The largest absolute Gasteiger partial charge is 0.497 e. The first-order valence-corrected chi connectivity index (χ1v) is 8.97. The lowest BCUT2D eigenvalue weighted by Crippen LogP contribution is -2.30. The summed E-state index contributed by atoms with van der Waals surface area (Å²) in [5.41, 5.74) is 0.760. The van der Waals surface area contributed by atoms with E-state index in [1.807, 2.05) is 38.1 Å². The number of nitrogens with zero attached hydrogens (tertiary/aromatic N) is 3. The van der Waals surface area contributed by atoms with Gasteiger partial charge in [0.15, 0.2) is 5.16 Å². The number of amides is 1. The molecule has 0 bridgehead atoms. The molecule has 1 atom stereocenters. The van der Waals surface area contributed by atoms with Gasteiger partial charge in [0.05, 0.1) is 12.4 Å². The van der Waals surface area contributed by atoms with Crippen molar-refractivity contribution in [1.29, 1.82) is 0 Å². The van der Waals surface area contributed by atoms with Crippen molar-refractivity contribution >= 4 is 23.4 Å². The summed E-state index contributed by atoms with van der Waals surface area (Å²) in [6, 6.07) is 7.84. The van der Waals surface area contributed by atoms with Gasteiger partial charge in [-0.15, -0.1) is 10.2 Å². The van der Waals surface area contributed by atoms with Gasteiger partial charge >= 0.3 is 0 Å². The number of carbonyl (C=O) groups is 1. The summed E-state index contributed by atoms with van der Waals surface area (Å²) in [7, 11) is 1.62. The van der Waals surface area contributed by atoms with Gasteiger partial charge in [0, 0.05) is 11.7 Å². The Labute approximate surface area is 146 Å². The van der Waals surface area contributed by atoms with Crippen LogP contribution < -0.4 is 10.1 Å². The summed E-state index contributed by atoms with van der Waals surface area (Å²) >= 11 is 1.49. The number of benzene rings is 1. The molecule has 0 unspecified atom stereocenters. The van der Waals surface area contributed by atoms with E-state index in [4.69, 9.17) is 4.74 Å². The lowest BCUT2D eigenvalue weighted by atomic mass is 10.1. The van der Waals surface area contributed by atoms with Crippen LogP contribution in [0.4, 0.5) is 5.69 Å². The molecule has 0 spiro atoms. The number of rotatable bonds is 7. The van der Waals surface area contributed by atoms with Crippen LogP contribution in [-0.4, -0.2) is 33.0 Å². The van der Waals surface area contributed by atoms with Gasteiger partial charge in [-0.05, 0) is 43.0 Å². The van der Waals surface area contributed by atoms with Gasteiger partial charge < -0.3 is 14.6 Å². The van der Waals surface area contributed by atoms with Crippen molar-refractivity contribution in [2.24, 2.45) is 5.92 Å². The minimum Gasteiger partial charge on any atom is -0.497 e. The van der Waals surface area contributed by atoms with Crippen LogP contribution in [0, 0.1) is 5.92 Å². The number of hydrogen-bond acceptors (Lipinski definition) is 5. The molecule has 1 amide bonds.